The van der Waals surface area contributed by atoms with Crippen molar-refractivity contribution in [2.75, 3.05) is 0 Å². The van der Waals surface area contributed by atoms with Crippen molar-refractivity contribution in [3.05, 3.63) is 18.0 Å². The molecule has 5 nitrogen and oxygen atoms in total. The summed E-state index contributed by atoms with van der Waals surface area (Å²) >= 11 is 0. The van der Waals surface area contributed by atoms with Gasteiger partial charge in [0, 0.05) is 12.6 Å². The molecule has 0 spiro atoms. The Morgan fingerprint density at radius 3 is 3.08 bits per heavy atom. The number of aryl methyl sites for hydroxylation is 1. The van der Waals surface area contributed by atoms with Gasteiger partial charge in [-0.05, 0) is 13.0 Å². The van der Waals surface area contributed by atoms with Crippen LogP contribution in [0.15, 0.2) is 12.3 Å². The second-order valence-corrected chi connectivity index (χ2v) is 2.17. The van der Waals surface area contributed by atoms with Gasteiger partial charge in [0.2, 0.25) is 0 Å². The number of carboxylic acids is 1. The van der Waals surface area contributed by atoms with Gasteiger partial charge in [0.25, 0.3) is 0 Å². The minimum absolute atomic E-state index is 0.555. The van der Waals surface area contributed by atoms with Crippen molar-refractivity contribution >= 4 is 12.0 Å². The van der Waals surface area contributed by atoms with Crippen LogP contribution in [-0.2, 0) is 11.3 Å². The molecular weight excluding hydrogens is 158 g/mol. The molecule has 0 amide bonds. The largest absolute Gasteiger partial charge is 0.478 e. The zero-order chi connectivity index (χ0) is 8.97. The van der Waals surface area contributed by atoms with Crippen molar-refractivity contribution in [2.45, 2.75) is 13.5 Å². The maximum Gasteiger partial charge on any atom is 0.328 e. The van der Waals surface area contributed by atoms with E-state index in [9.17, 15) is 4.79 Å². The predicted octanol–water partition coefficient (Wildman–Crippen LogP) is 0.396. The Bertz CT molecular complexity index is 303. The maximum atomic E-state index is 10.1. The van der Waals surface area contributed by atoms with Crippen molar-refractivity contribution in [2.24, 2.45) is 0 Å². The third kappa shape index (κ3) is 2.19. The maximum absolute atomic E-state index is 10.1. The molecule has 0 saturated carbocycles. The summed E-state index contributed by atoms with van der Waals surface area (Å²) in [4.78, 5) is 10.1. The van der Waals surface area contributed by atoms with Crippen LogP contribution < -0.4 is 0 Å². The molecule has 64 valence electrons. The Morgan fingerprint density at radius 2 is 2.58 bits per heavy atom. The van der Waals surface area contributed by atoms with Crippen molar-refractivity contribution in [1.82, 2.24) is 15.0 Å². The summed E-state index contributed by atoms with van der Waals surface area (Å²) in [6.07, 6.45) is 4.12. The van der Waals surface area contributed by atoms with E-state index in [1.165, 1.54) is 6.08 Å². The zero-order valence-corrected chi connectivity index (χ0v) is 6.64. The standard InChI is InChI=1S/C7H9N3O2/c1-2-10-5-6(8-9-10)3-4-7(11)12/h3-5H,2H2,1H3,(H,11,12). The summed E-state index contributed by atoms with van der Waals surface area (Å²) in [7, 11) is 0. The van der Waals surface area contributed by atoms with E-state index < -0.39 is 5.97 Å². The average Bonchev–Trinajstić information content (AvgIpc) is 2.48. The molecule has 0 aliphatic rings. The van der Waals surface area contributed by atoms with E-state index in [0.717, 1.165) is 12.6 Å². The monoisotopic (exact) mass is 167 g/mol. The van der Waals surface area contributed by atoms with Gasteiger partial charge >= 0.3 is 5.97 Å². The summed E-state index contributed by atoms with van der Waals surface area (Å²) in [6, 6.07) is 0. The number of hydrogen-bond acceptors (Lipinski definition) is 3. The number of aromatic nitrogens is 3. The van der Waals surface area contributed by atoms with Crippen LogP contribution in [0.5, 0.6) is 0 Å². The van der Waals surface area contributed by atoms with E-state index in [0.29, 0.717) is 5.69 Å². The Kier molecular flexibility index (Phi) is 2.57. The van der Waals surface area contributed by atoms with Crippen LogP contribution in [0.1, 0.15) is 12.6 Å². The summed E-state index contributed by atoms with van der Waals surface area (Å²) < 4.78 is 1.63. The fraction of sp³-hybridized carbons (Fsp3) is 0.286. The quantitative estimate of drug-likeness (QED) is 0.661. The number of nitrogens with zero attached hydrogens (tertiary/aromatic N) is 3. The molecule has 0 bridgehead atoms. The van der Waals surface area contributed by atoms with Gasteiger partial charge in [-0.3, -0.25) is 4.68 Å². The third-order valence-electron chi connectivity index (χ3n) is 1.28. The van der Waals surface area contributed by atoms with Gasteiger partial charge < -0.3 is 5.11 Å². The van der Waals surface area contributed by atoms with Gasteiger partial charge in [-0.2, -0.15) is 0 Å². The minimum Gasteiger partial charge on any atom is -0.478 e. The molecule has 0 atom stereocenters. The van der Waals surface area contributed by atoms with Gasteiger partial charge in [0.05, 0.1) is 6.20 Å². The zero-order valence-electron chi connectivity index (χ0n) is 6.64. The topological polar surface area (TPSA) is 68.0 Å². The number of carbonyl (C=O) groups is 1. The molecular formula is C7H9N3O2. The number of rotatable bonds is 3. The van der Waals surface area contributed by atoms with Gasteiger partial charge in [-0.1, -0.05) is 5.21 Å². The Hall–Kier alpha value is -1.65. The lowest BCUT2D eigenvalue weighted by Crippen LogP contribution is -1.93. The van der Waals surface area contributed by atoms with Crippen molar-refractivity contribution < 1.29 is 9.90 Å². The van der Waals surface area contributed by atoms with E-state index >= 15 is 0 Å². The second kappa shape index (κ2) is 3.66. The van der Waals surface area contributed by atoms with Gasteiger partial charge in [-0.25, -0.2) is 4.79 Å². The Morgan fingerprint density at radius 1 is 1.83 bits per heavy atom. The number of hydrogen-bond donors (Lipinski definition) is 1. The number of carboxylic acid groups (broad SMARTS) is 1. The van der Waals surface area contributed by atoms with Crippen LogP contribution in [-0.4, -0.2) is 26.1 Å². The first kappa shape index (κ1) is 8.45. The first-order valence-electron chi connectivity index (χ1n) is 3.53. The molecule has 12 heavy (non-hydrogen) atoms. The van der Waals surface area contributed by atoms with E-state index in [1.54, 1.807) is 10.9 Å². The van der Waals surface area contributed by atoms with Gasteiger partial charge in [0.1, 0.15) is 5.69 Å². The van der Waals surface area contributed by atoms with E-state index in [1.807, 2.05) is 6.92 Å². The Labute approximate surface area is 69.3 Å². The van der Waals surface area contributed by atoms with E-state index in [2.05, 4.69) is 10.3 Å². The van der Waals surface area contributed by atoms with Crippen molar-refractivity contribution in [3.8, 4) is 0 Å². The van der Waals surface area contributed by atoms with Crippen molar-refractivity contribution in [3.63, 3.8) is 0 Å². The lowest BCUT2D eigenvalue weighted by Gasteiger charge is -1.86. The minimum atomic E-state index is -0.985. The lowest BCUT2D eigenvalue weighted by atomic mass is 10.4. The predicted molar refractivity (Wildman–Crippen MR) is 42.4 cm³/mol. The second-order valence-electron chi connectivity index (χ2n) is 2.17. The Balaban J connectivity index is 2.70. The molecule has 0 saturated heterocycles. The summed E-state index contributed by atoms with van der Waals surface area (Å²) in [5.41, 5.74) is 0.555. The normalized spacial score (nSPS) is 10.8. The van der Waals surface area contributed by atoms with Crippen LogP contribution in [0, 0.1) is 0 Å². The van der Waals surface area contributed by atoms with E-state index in [4.69, 9.17) is 5.11 Å². The molecule has 1 rings (SSSR count). The van der Waals surface area contributed by atoms with Crippen LogP contribution in [0.2, 0.25) is 0 Å². The summed E-state index contributed by atoms with van der Waals surface area (Å²) in [5.74, 6) is -0.985. The third-order valence-corrected chi connectivity index (χ3v) is 1.28. The fourth-order valence-corrected chi connectivity index (χ4v) is 0.701. The lowest BCUT2D eigenvalue weighted by molar-refractivity contribution is -0.131. The number of aliphatic carboxylic acids is 1. The molecule has 5 heteroatoms. The van der Waals surface area contributed by atoms with Crippen LogP contribution in [0.3, 0.4) is 0 Å². The van der Waals surface area contributed by atoms with Gasteiger partial charge in [-0.15, -0.1) is 5.10 Å². The van der Waals surface area contributed by atoms with Gasteiger partial charge in [0.15, 0.2) is 0 Å². The highest BCUT2D eigenvalue weighted by molar-refractivity contribution is 5.84. The molecule has 0 radical (unpaired) electrons. The van der Waals surface area contributed by atoms with E-state index in [-0.39, 0.29) is 0 Å². The molecule has 0 aromatic carbocycles. The molecule has 0 fully saturated rings. The molecule has 0 aliphatic heterocycles. The highest BCUT2D eigenvalue weighted by Gasteiger charge is 1.94. The smallest absolute Gasteiger partial charge is 0.328 e. The highest BCUT2D eigenvalue weighted by atomic mass is 16.4. The first-order valence-corrected chi connectivity index (χ1v) is 3.53. The van der Waals surface area contributed by atoms with Crippen LogP contribution in [0.25, 0.3) is 6.08 Å². The summed E-state index contributed by atoms with van der Waals surface area (Å²) in [6.45, 7) is 2.66. The highest BCUT2D eigenvalue weighted by Crippen LogP contribution is 1.95. The summed E-state index contributed by atoms with van der Waals surface area (Å²) in [5, 5.41) is 15.8. The average molecular weight is 167 g/mol. The van der Waals surface area contributed by atoms with Crippen molar-refractivity contribution in [1.29, 1.82) is 0 Å². The van der Waals surface area contributed by atoms with Crippen LogP contribution in [0.4, 0.5) is 0 Å². The fourth-order valence-electron chi connectivity index (χ4n) is 0.701. The van der Waals surface area contributed by atoms with Crippen LogP contribution >= 0.6 is 0 Å². The molecule has 1 aromatic rings. The first-order chi connectivity index (χ1) is 5.72. The molecule has 1 aromatic heterocycles. The molecule has 0 unspecified atom stereocenters. The molecule has 1 heterocycles. The molecule has 0 aliphatic carbocycles. The SMILES string of the molecule is CCn1cc(C=CC(=O)O)nn1. The molecule has 1 N–H and O–H groups in total.